The van der Waals surface area contributed by atoms with Crippen LogP contribution in [0.25, 0.3) is 0 Å². The first-order valence-corrected chi connectivity index (χ1v) is 7.43. The van der Waals surface area contributed by atoms with Gasteiger partial charge in [0, 0.05) is 24.5 Å². The first-order chi connectivity index (χ1) is 10.6. The van der Waals surface area contributed by atoms with Gasteiger partial charge in [-0.3, -0.25) is 9.78 Å². The second-order valence-corrected chi connectivity index (χ2v) is 5.64. The molecule has 0 saturated heterocycles. The van der Waals surface area contributed by atoms with E-state index in [1.165, 1.54) is 0 Å². The van der Waals surface area contributed by atoms with Crippen LogP contribution < -0.4 is 9.64 Å². The van der Waals surface area contributed by atoms with E-state index in [0.717, 1.165) is 17.0 Å². The number of hydrogen-bond donors (Lipinski definition) is 0. The molecular weight excluding hydrogens is 276 g/mol. The molecule has 1 aromatic carbocycles. The molecule has 0 bridgehead atoms. The molecule has 0 saturated carbocycles. The summed E-state index contributed by atoms with van der Waals surface area (Å²) in [5, 5.41) is 0. The van der Waals surface area contributed by atoms with Gasteiger partial charge in [-0.15, -0.1) is 0 Å². The van der Waals surface area contributed by atoms with Gasteiger partial charge >= 0.3 is 0 Å². The Morgan fingerprint density at radius 2 is 1.95 bits per heavy atom. The number of nitrogens with zero attached hydrogens (tertiary/aromatic N) is 2. The summed E-state index contributed by atoms with van der Waals surface area (Å²) in [6.07, 6.45) is 4.04. The van der Waals surface area contributed by atoms with E-state index >= 15 is 0 Å². The lowest BCUT2D eigenvalue weighted by Gasteiger charge is -2.24. The van der Waals surface area contributed by atoms with Crippen LogP contribution in [0, 0.1) is 5.92 Å². The smallest absolute Gasteiger partial charge is 0.227 e. The van der Waals surface area contributed by atoms with Crippen LogP contribution in [-0.4, -0.2) is 18.0 Å². The van der Waals surface area contributed by atoms with Crippen molar-refractivity contribution in [3.05, 3.63) is 54.4 Å². The molecule has 0 fully saturated rings. The van der Waals surface area contributed by atoms with Crippen LogP contribution in [0.5, 0.6) is 5.75 Å². The number of carbonyl (C=O) groups excluding carboxylic acids is 1. The van der Waals surface area contributed by atoms with Crippen molar-refractivity contribution in [1.82, 2.24) is 4.98 Å². The van der Waals surface area contributed by atoms with Crippen molar-refractivity contribution in [1.29, 1.82) is 0 Å². The van der Waals surface area contributed by atoms with Gasteiger partial charge in [-0.25, -0.2) is 0 Å². The molecule has 0 spiro atoms. The third-order valence-electron chi connectivity index (χ3n) is 3.33. The minimum Gasteiger partial charge on any atom is -0.497 e. The van der Waals surface area contributed by atoms with Gasteiger partial charge in [0.05, 0.1) is 13.7 Å². The highest BCUT2D eigenvalue weighted by atomic mass is 16.5. The number of benzene rings is 1. The number of aromatic nitrogens is 1. The van der Waals surface area contributed by atoms with Crippen LogP contribution in [0.1, 0.15) is 25.8 Å². The maximum absolute atomic E-state index is 12.6. The number of rotatable bonds is 6. The predicted octanol–water partition coefficient (Wildman–Crippen LogP) is 3.67. The molecule has 1 amide bonds. The van der Waals surface area contributed by atoms with Gasteiger partial charge in [0.15, 0.2) is 0 Å². The standard InChI is InChI=1S/C18H22N2O2/c1-14(2)11-18(21)20(13-15-5-4-10-19-12-15)16-6-8-17(22-3)9-7-16/h4-10,12,14H,11,13H2,1-3H3. The Labute approximate surface area is 131 Å². The lowest BCUT2D eigenvalue weighted by molar-refractivity contribution is -0.119. The van der Waals surface area contributed by atoms with Gasteiger partial charge in [0.1, 0.15) is 5.75 Å². The summed E-state index contributed by atoms with van der Waals surface area (Å²) in [7, 11) is 1.63. The van der Waals surface area contributed by atoms with E-state index in [-0.39, 0.29) is 5.91 Å². The number of anilines is 1. The molecule has 4 heteroatoms. The molecule has 0 radical (unpaired) electrons. The van der Waals surface area contributed by atoms with Crippen LogP contribution in [0.15, 0.2) is 48.8 Å². The molecule has 2 aromatic rings. The largest absolute Gasteiger partial charge is 0.497 e. The van der Waals surface area contributed by atoms with Crippen molar-refractivity contribution in [2.75, 3.05) is 12.0 Å². The van der Waals surface area contributed by atoms with Gasteiger partial charge in [-0.2, -0.15) is 0 Å². The minimum absolute atomic E-state index is 0.115. The van der Waals surface area contributed by atoms with Crippen molar-refractivity contribution in [2.45, 2.75) is 26.8 Å². The van der Waals surface area contributed by atoms with Gasteiger partial charge in [-0.05, 0) is 41.8 Å². The molecule has 0 unspecified atom stereocenters. The molecule has 116 valence electrons. The van der Waals surface area contributed by atoms with E-state index in [2.05, 4.69) is 4.98 Å². The highest BCUT2D eigenvalue weighted by Crippen LogP contribution is 2.22. The van der Waals surface area contributed by atoms with E-state index in [1.54, 1.807) is 24.4 Å². The molecule has 0 aliphatic heterocycles. The van der Waals surface area contributed by atoms with Crippen molar-refractivity contribution < 1.29 is 9.53 Å². The Bertz CT molecular complexity index is 594. The van der Waals surface area contributed by atoms with E-state index in [4.69, 9.17) is 4.74 Å². The molecule has 22 heavy (non-hydrogen) atoms. The van der Waals surface area contributed by atoms with Crippen LogP contribution in [0.4, 0.5) is 5.69 Å². The maximum Gasteiger partial charge on any atom is 0.227 e. The first-order valence-electron chi connectivity index (χ1n) is 7.43. The predicted molar refractivity (Wildman–Crippen MR) is 87.9 cm³/mol. The summed E-state index contributed by atoms with van der Waals surface area (Å²) in [6, 6.07) is 11.4. The van der Waals surface area contributed by atoms with Crippen LogP contribution in [-0.2, 0) is 11.3 Å². The molecule has 0 aliphatic carbocycles. The summed E-state index contributed by atoms with van der Waals surface area (Å²) in [5.74, 6) is 1.22. The number of hydrogen-bond acceptors (Lipinski definition) is 3. The average Bonchev–Trinajstić information content (AvgIpc) is 2.53. The monoisotopic (exact) mass is 298 g/mol. The Hall–Kier alpha value is -2.36. The number of amides is 1. The topological polar surface area (TPSA) is 42.4 Å². The average molecular weight is 298 g/mol. The van der Waals surface area contributed by atoms with Gasteiger partial charge in [-0.1, -0.05) is 19.9 Å². The summed E-state index contributed by atoms with van der Waals surface area (Å²) < 4.78 is 5.18. The van der Waals surface area contributed by atoms with E-state index in [1.807, 2.05) is 50.2 Å². The van der Waals surface area contributed by atoms with E-state index in [9.17, 15) is 4.79 Å². The fourth-order valence-electron chi connectivity index (χ4n) is 2.22. The van der Waals surface area contributed by atoms with Crippen molar-refractivity contribution in [2.24, 2.45) is 5.92 Å². The minimum atomic E-state index is 0.115. The summed E-state index contributed by atoms with van der Waals surface area (Å²) in [5.41, 5.74) is 1.88. The SMILES string of the molecule is COc1ccc(N(Cc2cccnc2)C(=O)CC(C)C)cc1. The van der Waals surface area contributed by atoms with Crippen LogP contribution in [0.2, 0.25) is 0 Å². The number of pyridine rings is 1. The molecular formula is C18H22N2O2. The highest BCUT2D eigenvalue weighted by molar-refractivity contribution is 5.93. The molecule has 1 aromatic heterocycles. The zero-order valence-electron chi connectivity index (χ0n) is 13.3. The molecule has 0 N–H and O–H groups in total. The summed E-state index contributed by atoms with van der Waals surface area (Å²) in [6.45, 7) is 4.62. The van der Waals surface area contributed by atoms with Crippen molar-refractivity contribution >= 4 is 11.6 Å². The molecule has 1 heterocycles. The second kappa shape index (κ2) is 7.59. The van der Waals surface area contributed by atoms with Crippen molar-refractivity contribution in [3.63, 3.8) is 0 Å². The Morgan fingerprint density at radius 3 is 2.50 bits per heavy atom. The van der Waals surface area contributed by atoms with Crippen LogP contribution in [0.3, 0.4) is 0 Å². The normalized spacial score (nSPS) is 10.5. The van der Waals surface area contributed by atoms with Crippen molar-refractivity contribution in [3.8, 4) is 5.75 Å². The third-order valence-corrected chi connectivity index (χ3v) is 3.33. The zero-order chi connectivity index (χ0) is 15.9. The Balaban J connectivity index is 2.25. The quantitative estimate of drug-likeness (QED) is 0.817. The fourth-order valence-corrected chi connectivity index (χ4v) is 2.22. The fraction of sp³-hybridized carbons (Fsp3) is 0.333. The number of carbonyl (C=O) groups is 1. The summed E-state index contributed by atoms with van der Waals surface area (Å²) >= 11 is 0. The molecule has 0 aliphatic rings. The highest BCUT2D eigenvalue weighted by Gasteiger charge is 2.17. The van der Waals surface area contributed by atoms with Gasteiger partial charge in [0.25, 0.3) is 0 Å². The van der Waals surface area contributed by atoms with E-state index < -0.39 is 0 Å². The second-order valence-electron chi connectivity index (χ2n) is 5.64. The van der Waals surface area contributed by atoms with Gasteiger partial charge < -0.3 is 9.64 Å². The molecule has 4 nitrogen and oxygen atoms in total. The third kappa shape index (κ3) is 4.32. The Morgan fingerprint density at radius 1 is 1.23 bits per heavy atom. The molecule has 2 rings (SSSR count). The van der Waals surface area contributed by atoms with E-state index in [0.29, 0.717) is 18.9 Å². The lowest BCUT2D eigenvalue weighted by atomic mass is 10.1. The number of methoxy groups -OCH3 is 1. The zero-order valence-corrected chi connectivity index (χ0v) is 13.3. The first kappa shape index (κ1) is 16.0. The van der Waals surface area contributed by atoms with Crippen LogP contribution >= 0.6 is 0 Å². The van der Waals surface area contributed by atoms with Gasteiger partial charge in [0.2, 0.25) is 5.91 Å². The maximum atomic E-state index is 12.6. The summed E-state index contributed by atoms with van der Waals surface area (Å²) in [4.78, 5) is 18.5. The Kier molecular flexibility index (Phi) is 5.53. The molecule has 0 atom stereocenters. The number of ether oxygens (including phenoxy) is 1. The lowest BCUT2D eigenvalue weighted by Crippen LogP contribution is -2.31.